The van der Waals surface area contributed by atoms with Gasteiger partial charge in [0.05, 0.1) is 0 Å². The van der Waals surface area contributed by atoms with E-state index in [0.29, 0.717) is 11.5 Å². The Labute approximate surface area is 115 Å². The molecule has 3 aromatic rings. The first kappa shape index (κ1) is 12.2. The third kappa shape index (κ3) is 2.31. The maximum absolute atomic E-state index is 10.8. The minimum Gasteiger partial charge on any atom is -0.475 e. The van der Waals surface area contributed by atoms with Crippen molar-refractivity contribution >= 4 is 5.97 Å². The van der Waals surface area contributed by atoms with Gasteiger partial charge in [0.15, 0.2) is 5.76 Å². The van der Waals surface area contributed by atoms with Crippen LogP contribution in [0.25, 0.3) is 22.6 Å². The first-order valence-corrected chi connectivity index (χ1v) is 6.09. The minimum absolute atomic E-state index is 0.0889. The van der Waals surface area contributed by atoms with Gasteiger partial charge < -0.3 is 9.52 Å². The summed E-state index contributed by atoms with van der Waals surface area (Å²) in [7, 11) is 0. The number of hydrogen-bond donors (Lipinski definition) is 1. The van der Waals surface area contributed by atoms with Crippen molar-refractivity contribution in [2.24, 2.45) is 0 Å². The van der Waals surface area contributed by atoms with Crippen LogP contribution in [0.15, 0.2) is 65.2 Å². The number of pyridine rings is 1. The van der Waals surface area contributed by atoms with Crippen LogP contribution in [0, 0.1) is 0 Å². The van der Waals surface area contributed by atoms with Crippen LogP contribution in [0.4, 0.5) is 0 Å². The second-order valence-corrected chi connectivity index (χ2v) is 4.27. The molecule has 1 N–H and O–H groups in total. The molecule has 0 unspecified atom stereocenters. The lowest BCUT2D eigenvalue weighted by atomic mass is 10.1. The van der Waals surface area contributed by atoms with Gasteiger partial charge in [0.25, 0.3) is 0 Å². The molecular formula is C16H11NO3. The van der Waals surface area contributed by atoms with Gasteiger partial charge in [0, 0.05) is 11.8 Å². The van der Waals surface area contributed by atoms with Crippen molar-refractivity contribution in [2.75, 3.05) is 0 Å². The topological polar surface area (TPSA) is 63.3 Å². The number of furan rings is 1. The molecule has 2 heterocycles. The van der Waals surface area contributed by atoms with Crippen LogP contribution in [0.5, 0.6) is 0 Å². The predicted molar refractivity (Wildman–Crippen MR) is 74.3 cm³/mol. The van der Waals surface area contributed by atoms with E-state index in [4.69, 9.17) is 9.52 Å². The number of aromatic carboxylic acids is 1. The number of carboxylic acids is 1. The molecule has 0 aliphatic rings. The lowest BCUT2D eigenvalue weighted by Crippen LogP contribution is -1.91. The monoisotopic (exact) mass is 265 g/mol. The fraction of sp³-hybridized carbons (Fsp3) is 0. The van der Waals surface area contributed by atoms with Crippen LogP contribution < -0.4 is 0 Å². The highest BCUT2D eigenvalue weighted by atomic mass is 16.4. The molecule has 0 atom stereocenters. The van der Waals surface area contributed by atoms with Crippen LogP contribution in [0.3, 0.4) is 0 Å². The van der Waals surface area contributed by atoms with Crippen molar-refractivity contribution in [2.45, 2.75) is 0 Å². The zero-order valence-electron chi connectivity index (χ0n) is 10.5. The average molecular weight is 265 g/mol. The van der Waals surface area contributed by atoms with Gasteiger partial charge in [-0.1, -0.05) is 36.4 Å². The molecule has 0 bridgehead atoms. The van der Waals surface area contributed by atoms with E-state index in [9.17, 15) is 4.79 Å². The van der Waals surface area contributed by atoms with E-state index in [1.165, 1.54) is 6.07 Å². The number of benzene rings is 1. The Morgan fingerprint density at radius 3 is 2.35 bits per heavy atom. The zero-order chi connectivity index (χ0) is 13.9. The molecule has 3 rings (SSSR count). The Hall–Kier alpha value is -2.88. The highest BCUT2D eigenvalue weighted by molar-refractivity contribution is 5.85. The Balaban J connectivity index is 1.91. The Morgan fingerprint density at radius 2 is 1.75 bits per heavy atom. The van der Waals surface area contributed by atoms with Crippen molar-refractivity contribution < 1.29 is 14.3 Å². The Morgan fingerprint density at radius 1 is 0.950 bits per heavy atom. The predicted octanol–water partition coefficient (Wildman–Crippen LogP) is 3.71. The Bertz CT molecular complexity index is 730. The SMILES string of the molecule is O=C(O)c1ccc(-c2ccc(-c3ccccc3)cn2)o1. The molecule has 0 radical (unpaired) electrons. The summed E-state index contributed by atoms with van der Waals surface area (Å²) in [5.74, 6) is -0.729. The fourth-order valence-electron chi connectivity index (χ4n) is 1.93. The van der Waals surface area contributed by atoms with Crippen molar-refractivity contribution in [3.63, 3.8) is 0 Å². The van der Waals surface area contributed by atoms with Crippen LogP contribution in [0.2, 0.25) is 0 Å². The van der Waals surface area contributed by atoms with Gasteiger partial charge in [-0.2, -0.15) is 0 Å². The molecule has 0 amide bonds. The van der Waals surface area contributed by atoms with Gasteiger partial charge in [-0.25, -0.2) is 4.79 Å². The van der Waals surface area contributed by atoms with Crippen LogP contribution in [0.1, 0.15) is 10.6 Å². The standard InChI is InChI=1S/C16H11NO3/c18-16(19)15-9-8-14(20-15)13-7-6-12(10-17-13)11-4-2-1-3-5-11/h1-10H,(H,18,19). The van der Waals surface area contributed by atoms with E-state index >= 15 is 0 Å². The Kier molecular flexibility index (Phi) is 3.05. The number of nitrogens with zero attached hydrogens (tertiary/aromatic N) is 1. The molecule has 0 saturated heterocycles. The van der Waals surface area contributed by atoms with Gasteiger partial charge >= 0.3 is 5.97 Å². The minimum atomic E-state index is -1.09. The molecule has 20 heavy (non-hydrogen) atoms. The summed E-state index contributed by atoms with van der Waals surface area (Å²) in [6.07, 6.45) is 1.74. The summed E-state index contributed by atoms with van der Waals surface area (Å²) in [5.41, 5.74) is 2.69. The van der Waals surface area contributed by atoms with Crippen molar-refractivity contribution in [3.05, 3.63) is 66.6 Å². The normalized spacial score (nSPS) is 10.4. The number of hydrogen-bond acceptors (Lipinski definition) is 3. The highest BCUT2D eigenvalue weighted by Crippen LogP contribution is 2.23. The number of rotatable bonds is 3. The van der Waals surface area contributed by atoms with Crippen molar-refractivity contribution in [3.8, 4) is 22.6 Å². The molecule has 1 aromatic carbocycles. The summed E-state index contributed by atoms with van der Waals surface area (Å²) in [5, 5.41) is 8.82. The van der Waals surface area contributed by atoms with E-state index in [0.717, 1.165) is 11.1 Å². The van der Waals surface area contributed by atoms with E-state index < -0.39 is 5.97 Å². The lowest BCUT2D eigenvalue weighted by molar-refractivity contribution is 0.0663. The quantitative estimate of drug-likeness (QED) is 0.784. The first-order chi connectivity index (χ1) is 9.74. The highest BCUT2D eigenvalue weighted by Gasteiger charge is 2.11. The lowest BCUT2D eigenvalue weighted by Gasteiger charge is -2.01. The second-order valence-electron chi connectivity index (χ2n) is 4.27. The fourth-order valence-corrected chi connectivity index (χ4v) is 1.93. The van der Waals surface area contributed by atoms with Crippen LogP contribution in [-0.2, 0) is 0 Å². The van der Waals surface area contributed by atoms with Gasteiger partial charge in [0.1, 0.15) is 5.69 Å². The summed E-state index contributed by atoms with van der Waals surface area (Å²) in [6, 6.07) is 16.7. The van der Waals surface area contributed by atoms with Crippen molar-refractivity contribution in [1.29, 1.82) is 0 Å². The molecule has 2 aromatic heterocycles. The molecule has 0 fully saturated rings. The van der Waals surface area contributed by atoms with Gasteiger partial charge in [-0.15, -0.1) is 0 Å². The number of aromatic nitrogens is 1. The van der Waals surface area contributed by atoms with Crippen LogP contribution >= 0.6 is 0 Å². The first-order valence-electron chi connectivity index (χ1n) is 6.09. The van der Waals surface area contributed by atoms with Crippen molar-refractivity contribution in [1.82, 2.24) is 4.98 Å². The number of carboxylic acid groups (broad SMARTS) is 1. The molecule has 0 aliphatic carbocycles. The smallest absolute Gasteiger partial charge is 0.371 e. The van der Waals surface area contributed by atoms with E-state index in [-0.39, 0.29) is 5.76 Å². The molecule has 4 heteroatoms. The third-order valence-corrected chi connectivity index (χ3v) is 2.94. The van der Waals surface area contributed by atoms with E-state index in [1.807, 2.05) is 42.5 Å². The number of carbonyl (C=O) groups is 1. The molecule has 4 nitrogen and oxygen atoms in total. The van der Waals surface area contributed by atoms with Gasteiger partial charge in [-0.05, 0) is 23.8 Å². The van der Waals surface area contributed by atoms with E-state index in [1.54, 1.807) is 12.3 Å². The summed E-state index contributed by atoms with van der Waals surface area (Å²) < 4.78 is 5.21. The molecule has 0 saturated carbocycles. The molecular weight excluding hydrogens is 254 g/mol. The third-order valence-electron chi connectivity index (χ3n) is 2.94. The zero-order valence-corrected chi connectivity index (χ0v) is 10.5. The van der Waals surface area contributed by atoms with Crippen LogP contribution in [-0.4, -0.2) is 16.1 Å². The van der Waals surface area contributed by atoms with Gasteiger partial charge in [0.2, 0.25) is 5.76 Å². The average Bonchev–Trinajstić information content (AvgIpc) is 2.98. The molecule has 0 aliphatic heterocycles. The maximum Gasteiger partial charge on any atom is 0.371 e. The summed E-state index contributed by atoms with van der Waals surface area (Å²) in [4.78, 5) is 15.1. The molecule has 0 spiro atoms. The summed E-state index contributed by atoms with van der Waals surface area (Å²) >= 11 is 0. The van der Waals surface area contributed by atoms with E-state index in [2.05, 4.69) is 4.98 Å². The molecule has 98 valence electrons. The second kappa shape index (κ2) is 5.01. The summed E-state index contributed by atoms with van der Waals surface area (Å²) in [6.45, 7) is 0. The largest absolute Gasteiger partial charge is 0.475 e. The van der Waals surface area contributed by atoms with Gasteiger partial charge in [-0.3, -0.25) is 4.98 Å². The maximum atomic E-state index is 10.8.